The quantitative estimate of drug-likeness (QED) is 0.874. The molecule has 150 valence electrons. The van der Waals surface area contributed by atoms with Crippen molar-refractivity contribution >= 4 is 17.5 Å². The number of carbonyl (C=O) groups excluding carboxylic acids is 1. The SMILES string of the molecule is CCOc1ccccc1NC(=O)N1CCCN(c2nc(C)nc(C)c2C)CC1. The summed E-state index contributed by atoms with van der Waals surface area (Å²) in [5.41, 5.74) is 2.82. The van der Waals surface area contributed by atoms with Crippen LogP contribution in [0.1, 0.15) is 30.4 Å². The van der Waals surface area contributed by atoms with Crippen LogP contribution in [0.15, 0.2) is 24.3 Å². The number of nitrogens with zero attached hydrogens (tertiary/aromatic N) is 4. The number of rotatable bonds is 4. The number of urea groups is 1. The van der Waals surface area contributed by atoms with Crippen LogP contribution in [0.3, 0.4) is 0 Å². The first kappa shape index (κ1) is 19.9. The molecule has 1 aliphatic rings. The van der Waals surface area contributed by atoms with Crippen LogP contribution in [0.5, 0.6) is 5.75 Å². The molecular formula is C21H29N5O2. The van der Waals surface area contributed by atoms with Crippen molar-refractivity contribution in [3.8, 4) is 5.75 Å². The number of hydrogen-bond acceptors (Lipinski definition) is 5. The van der Waals surface area contributed by atoms with Crippen LogP contribution in [0.4, 0.5) is 16.3 Å². The number of aryl methyl sites for hydroxylation is 2. The Hall–Kier alpha value is -2.83. The number of ether oxygens (including phenoxy) is 1. The molecule has 1 fully saturated rings. The van der Waals surface area contributed by atoms with Gasteiger partial charge in [-0.25, -0.2) is 14.8 Å². The molecule has 7 nitrogen and oxygen atoms in total. The van der Waals surface area contributed by atoms with E-state index in [4.69, 9.17) is 4.74 Å². The first-order valence-corrected chi connectivity index (χ1v) is 9.84. The molecule has 2 aromatic rings. The van der Waals surface area contributed by atoms with E-state index in [0.29, 0.717) is 31.1 Å². The average molecular weight is 383 g/mol. The van der Waals surface area contributed by atoms with Gasteiger partial charge in [0.15, 0.2) is 0 Å². The summed E-state index contributed by atoms with van der Waals surface area (Å²) in [6.45, 7) is 11.5. The highest BCUT2D eigenvalue weighted by atomic mass is 16.5. The summed E-state index contributed by atoms with van der Waals surface area (Å²) in [6.07, 6.45) is 0.891. The van der Waals surface area contributed by atoms with Crippen molar-refractivity contribution in [1.29, 1.82) is 0 Å². The Bertz CT molecular complexity index is 840. The van der Waals surface area contributed by atoms with Gasteiger partial charge in [0.2, 0.25) is 0 Å². The lowest BCUT2D eigenvalue weighted by Gasteiger charge is -2.25. The van der Waals surface area contributed by atoms with Crippen LogP contribution in [-0.2, 0) is 0 Å². The van der Waals surface area contributed by atoms with Crippen molar-refractivity contribution in [3.63, 3.8) is 0 Å². The number of para-hydroxylation sites is 2. The third-order valence-electron chi connectivity index (χ3n) is 4.99. The number of hydrogen-bond donors (Lipinski definition) is 1. The van der Waals surface area contributed by atoms with Gasteiger partial charge in [-0.3, -0.25) is 0 Å². The lowest BCUT2D eigenvalue weighted by molar-refractivity contribution is 0.215. The van der Waals surface area contributed by atoms with Crippen molar-refractivity contribution in [3.05, 3.63) is 41.3 Å². The van der Waals surface area contributed by atoms with E-state index in [9.17, 15) is 4.79 Å². The lowest BCUT2D eigenvalue weighted by atomic mass is 10.2. The standard InChI is InChI=1S/C21H29N5O2/c1-5-28-19-10-7-6-9-18(19)24-21(27)26-12-8-11-25(13-14-26)20-15(2)16(3)22-17(4)23-20/h6-7,9-10H,5,8,11-14H2,1-4H3,(H,24,27). The van der Waals surface area contributed by atoms with E-state index < -0.39 is 0 Å². The first-order valence-electron chi connectivity index (χ1n) is 9.84. The van der Waals surface area contributed by atoms with E-state index >= 15 is 0 Å². The van der Waals surface area contributed by atoms with Gasteiger partial charge in [0.1, 0.15) is 17.4 Å². The van der Waals surface area contributed by atoms with Crippen molar-refractivity contribution in [2.24, 2.45) is 0 Å². The Morgan fingerprint density at radius 2 is 1.89 bits per heavy atom. The van der Waals surface area contributed by atoms with Gasteiger partial charge in [-0.1, -0.05) is 12.1 Å². The highest BCUT2D eigenvalue weighted by Gasteiger charge is 2.22. The molecule has 0 aliphatic carbocycles. The van der Waals surface area contributed by atoms with Crippen molar-refractivity contribution in [2.75, 3.05) is 43.0 Å². The van der Waals surface area contributed by atoms with Gasteiger partial charge in [-0.15, -0.1) is 0 Å². The fourth-order valence-corrected chi connectivity index (χ4v) is 3.44. The molecule has 0 radical (unpaired) electrons. The lowest BCUT2D eigenvalue weighted by Crippen LogP contribution is -2.38. The summed E-state index contributed by atoms with van der Waals surface area (Å²) >= 11 is 0. The fourth-order valence-electron chi connectivity index (χ4n) is 3.44. The van der Waals surface area contributed by atoms with Gasteiger partial charge in [-0.2, -0.15) is 0 Å². The average Bonchev–Trinajstić information content (AvgIpc) is 2.92. The third kappa shape index (κ3) is 4.52. The molecular weight excluding hydrogens is 354 g/mol. The number of benzene rings is 1. The Labute approximate surface area is 166 Å². The number of aromatic nitrogens is 2. The van der Waals surface area contributed by atoms with E-state index in [1.54, 1.807) is 0 Å². The van der Waals surface area contributed by atoms with E-state index in [-0.39, 0.29) is 6.03 Å². The Morgan fingerprint density at radius 3 is 2.68 bits per heavy atom. The van der Waals surface area contributed by atoms with E-state index in [1.165, 1.54) is 0 Å². The molecule has 1 N–H and O–H groups in total. The smallest absolute Gasteiger partial charge is 0.322 e. The van der Waals surface area contributed by atoms with Crippen LogP contribution >= 0.6 is 0 Å². The molecule has 2 amide bonds. The molecule has 28 heavy (non-hydrogen) atoms. The van der Waals surface area contributed by atoms with Gasteiger partial charge >= 0.3 is 6.03 Å². The van der Waals surface area contributed by atoms with E-state index in [1.807, 2.05) is 49.9 Å². The molecule has 0 spiro atoms. The molecule has 3 rings (SSSR count). The van der Waals surface area contributed by atoms with Gasteiger partial charge in [0.05, 0.1) is 12.3 Å². The van der Waals surface area contributed by atoms with Crippen LogP contribution in [0.2, 0.25) is 0 Å². The highest BCUT2D eigenvalue weighted by molar-refractivity contribution is 5.91. The molecule has 1 saturated heterocycles. The zero-order chi connectivity index (χ0) is 20.1. The number of amides is 2. The third-order valence-corrected chi connectivity index (χ3v) is 4.99. The minimum Gasteiger partial charge on any atom is -0.492 e. The molecule has 1 aliphatic heterocycles. The second kappa shape index (κ2) is 8.91. The summed E-state index contributed by atoms with van der Waals surface area (Å²) in [5.74, 6) is 2.45. The number of nitrogens with one attached hydrogen (secondary N) is 1. The Balaban J connectivity index is 1.68. The Kier molecular flexibility index (Phi) is 6.34. The van der Waals surface area contributed by atoms with Crippen LogP contribution in [0.25, 0.3) is 0 Å². The normalized spacial score (nSPS) is 14.6. The molecule has 1 aromatic carbocycles. The predicted molar refractivity (Wildman–Crippen MR) is 111 cm³/mol. The summed E-state index contributed by atoms with van der Waals surface area (Å²) in [5, 5.41) is 2.99. The van der Waals surface area contributed by atoms with Crippen molar-refractivity contribution in [2.45, 2.75) is 34.1 Å². The van der Waals surface area contributed by atoms with Crippen molar-refractivity contribution in [1.82, 2.24) is 14.9 Å². The molecule has 7 heteroatoms. The molecule has 0 unspecified atom stereocenters. The summed E-state index contributed by atoms with van der Waals surface area (Å²) < 4.78 is 5.60. The summed E-state index contributed by atoms with van der Waals surface area (Å²) in [6, 6.07) is 7.43. The predicted octanol–water partition coefficient (Wildman–Crippen LogP) is 3.54. The zero-order valence-corrected chi connectivity index (χ0v) is 17.2. The van der Waals surface area contributed by atoms with Crippen LogP contribution in [-0.4, -0.2) is 53.7 Å². The number of carbonyl (C=O) groups is 1. The number of anilines is 2. The molecule has 0 saturated carbocycles. The minimum absolute atomic E-state index is 0.0965. The maximum atomic E-state index is 12.8. The topological polar surface area (TPSA) is 70.6 Å². The van der Waals surface area contributed by atoms with Gasteiger partial charge in [-0.05, 0) is 46.2 Å². The zero-order valence-electron chi connectivity index (χ0n) is 17.2. The van der Waals surface area contributed by atoms with Gasteiger partial charge in [0.25, 0.3) is 0 Å². The van der Waals surface area contributed by atoms with Gasteiger partial charge in [0, 0.05) is 37.4 Å². The monoisotopic (exact) mass is 383 g/mol. The van der Waals surface area contributed by atoms with Gasteiger partial charge < -0.3 is 19.9 Å². The Morgan fingerprint density at radius 1 is 1.11 bits per heavy atom. The molecule has 0 atom stereocenters. The summed E-state index contributed by atoms with van der Waals surface area (Å²) in [4.78, 5) is 26.0. The van der Waals surface area contributed by atoms with E-state index in [0.717, 1.165) is 42.4 Å². The molecule has 0 bridgehead atoms. The van der Waals surface area contributed by atoms with E-state index in [2.05, 4.69) is 27.1 Å². The maximum Gasteiger partial charge on any atom is 0.322 e. The molecule has 2 heterocycles. The minimum atomic E-state index is -0.0965. The molecule has 1 aromatic heterocycles. The van der Waals surface area contributed by atoms with Crippen LogP contribution in [0, 0.1) is 20.8 Å². The second-order valence-electron chi connectivity index (χ2n) is 6.99. The maximum absolute atomic E-state index is 12.8. The van der Waals surface area contributed by atoms with Crippen molar-refractivity contribution < 1.29 is 9.53 Å². The summed E-state index contributed by atoms with van der Waals surface area (Å²) in [7, 11) is 0. The van der Waals surface area contributed by atoms with Crippen LogP contribution < -0.4 is 15.0 Å². The fraction of sp³-hybridized carbons (Fsp3) is 0.476. The highest BCUT2D eigenvalue weighted by Crippen LogP contribution is 2.25. The largest absolute Gasteiger partial charge is 0.492 e. The second-order valence-corrected chi connectivity index (χ2v) is 6.99. The first-order chi connectivity index (χ1) is 13.5.